The predicted octanol–water partition coefficient (Wildman–Crippen LogP) is -0.376. The van der Waals surface area contributed by atoms with Crippen molar-refractivity contribution in [3.8, 4) is 0 Å². The van der Waals surface area contributed by atoms with Gasteiger partial charge in [0.1, 0.15) is 5.01 Å². The fourth-order valence-corrected chi connectivity index (χ4v) is 1.50. The van der Waals surface area contributed by atoms with Crippen molar-refractivity contribution in [2.45, 2.75) is 6.42 Å². The van der Waals surface area contributed by atoms with Crippen LogP contribution in [0.4, 0.5) is 5.13 Å². The largest absolute Gasteiger partial charge is 0.384 e. The molecule has 6 nitrogen and oxygen atoms in total. The van der Waals surface area contributed by atoms with Crippen molar-refractivity contribution in [2.24, 2.45) is 5.73 Å². The van der Waals surface area contributed by atoms with Crippen LogP contribution in [-0.4, -0.2) is 36.4 Å². The Bertz CT molecular complexity index is 302. The van der Waals surface area contributed by atoms with E-state index in [4.69, 9.17) is 10.5 Å². The molecule has 0 aliphatic carbocycles. The minimum Gasteiger partial charge on any atom is -0.384 e. The van der Waals surface area contributed by atoms with Gasteiger partial charge in [0.15, 0.2) is 0 Å². The Kier molecular flexibility index (Phi) is 4.44. The topological polar surface area (TPSA) is 90.1 Å². The second-order valence-electron chi connectivity index (χ2n) is 2.50. The zero-order valence-electron chi connectivity index (χ0n) is 7.82. The molecule has 1 heterocycles. The number of hydrogen-bond donors (Lipinski definition) is 2. The van der Waals surface area contributed by atoms with Gasteiger partial charge in [-0.15, -0.1) is 10.2 Å². The zero-order chi connectivity index (χ0) is 10.4. The van der Waals surface area contributed by atoms with Crippen molar-refractivity contribution in [1.82, 2.24) is 10.2 Å². The third-order valence-electron chi connectivity index (χ3n) is 1.42. The predicted molar refractivity (Wildman–Crippen MR) is 53.2 cm³/mol. The summed E-state index contributed by atoms with van der Waals surface area (Å²) < 4.78 is 4.89. The highest BCUT2D eigenvalue weighted by atomic mass is 32.1. The first kappa shape index (κ1) is 11.0. The first-order chi connectivity index (χ1) is 6.76. The lowest BCUT2D eigenvalue weighted by Gasteiger charge is -1.94. The normalized spacial score (nSPS) is 10.1. The number of methoxy groups -OCH3 is 1. The molecule has 0 radical (unpaired) electrons. The van der Waals surface area contributed by atoms with Gasteiger partial charge in [0.05, 0.1) is 13.2 Å². The highest BCUT2D eigenvalue weighted by Crippen LogP contribution is 2.15. The maximum Gasteiger partial charge on any atom is 0.239 e. The van der Waals surface area contributed by atoms with Crippen LogP contribution in [0.1, 0.15) is 5.01 Å². The SMILES string of the molecule is COCCc1nnc(NC(=O)CN)s1. The smallest absolute Gasteiger partial charge is 0.239 e. The van der Waals surface area contributed by atoms with Crippen LogP contribution in [0.25, 0.3) is 0 Å². The summed E-state index contributed by atoms with van der Waals surface area (Å²) in [5.41, 5.74) is 5.13. The minimum atomic E-state index is -0.264. The Balaban J connectivity index is 2.46. The van der Waals surface area contributed by atoms with Crippen molar-refractivity contribution >= 4 is 22.4 Å². The van der Waals surface area contributed by atoms with E-state index in [1.807, 2.05) is 0 Å². The number of nitrogens with two attached hydrogens (primary N) is 1. The van der Waals surface area contributed by atoms with Gasteiger partial charge in [0.25, 0.3) is 0 Å². The second kappa shape index (κ2) is 5.63. The van der Waals surface area contributed by atoms with Crippen LogP contribution in [0.5, 0.6) is 0 Å². The Morgan fingerprint density at radius 3 is 3.07 bits per heavy atom. The molecule has 1 rings (SSSR count). The van der Waals surface area contributed by atoms with Crippen molar-refractivity contribution < 1.29 is 9.53 Å². The van der Waals surface area contributed by atoms with Gasteiger partial charge in [-0.2, -0.15) is 0 Å². The molecule has 14 heavy (non-hydrogen) atoms. The van der Waals surface area contributed by atoms with E-state index in [0.29, 0.717) is 18.2 Å². The summed E-state index contributed by atoms with van der Waals surface area (Å²) in [6.07, 6.45) is 0.701. The molecule has 1 aromatic heterocycles. The molecule has 0 atom stereocenters. The summed E-state index contributed by atoms with van der Waals surface area (Å²) in [6.45, 7) is 0.548. The summed E-state index contributed by atoms with van der Waals surface area (Å²) in [4.78, 5) is 10.9. The quantitative estimate of drug-likeness (QED) is 0.700. The average molecular weight is 216 g/mol. The lowest BCUT2D eigenvalue weighted by molar-refractivity contribution is -0.114. The van der Waals surface area contributed by atoms with Crippen molar-refractivity contribution in [3.05, 3.63) is 5.01 Å². The molecule has 0 saturated carbocycles. The number of amides is 1. The number of hydrogen-bond acceptors (Lipinski definition) is 6. The molecule has 0 aliphatic rings. The molecule has 1 amide bonds. The van der Waals surface area contributed by atoms with Crippen LogP contribution in [0.15, 0.2) is 0 Å². The van der Waals surface area contributed by atoms with E-state index in [9.17, 15) is 4.79 Å². The fourth-order valence-electron chi connectivity index (χ4n) is 0.765. The zero-order valence-corrected chi connectivity index (χ0v) is 8.63. The lowest BCUT2D eigenvalue weighted by Crippen LogP contribution is -2.21. The van der Waals surface area contributed by atoms with Gasteiger partial charge in [-0.05, 0) is 0 Å². The summed E-state index contributed by atoms with van der Waals surface area (Å²) in [5.74, 6) is -0.264. The lowest BCUT2D eigenvalue weighted by atomic mass is 10.5. The second-order valence-corrected chi connectivity index (χ2v) is 3.56. The van der Waals surface area contributed by atoms with E-state index in [0.717, 1.165) is 5.01 Å². The molecule has 0 aromatic carbocycles. The summed E-state index contributed by atoms with van der Waals surface area (Å²) in [5, 5.41) is 11.5. The Labute approximate surface area is 85.5 Å². The van der Waals surface area contributed by atoms with Gasteiger partial charge < -0.3 is 10.5 Å². The number of aromatic nitrogens is 2. The number of anilines is 1. The standard InChI is InChI=1S/C7H12N4O2S/c1-13-3-2-6-10-11-7(14-6)9-5(12)4-8/h2-4,8H2,1H3,(H,9,11,12). The van der Waals surface area contributed by atoms with Crippen LogP contribution in [-0.2, 0) is 16.0 Å². The molecule has 0 saturated heterocycles. The van der Waals surface area contributed by atoms with E-state index in [2.05, 4.69) is 15.5 Å². The molecule has 0 bridgehead atoms. The summed E-state index contributed by atoms with van der Waals surface area (Å²) in [7, 11) is 1.62. The number of nitrogens with zero attached hydrogens (tertiary/aromatic N) is 2. The number of rotatable bonds is 5. The van der Waals surface area contributed by atoms with Crippen molar-refractivity contribution in [2.75, 3.05) is 25.6 Å². The number of ether oxygens (including phenoxy) is 1. The third-order valence-corrected chi connectivity index (χ3v) is 2.32. The first-order valence-electron chi connectivity index (χ1n) is 4.07. The summed E-state index contributed by atoms with van der Waals surface area (Å²) >= 11 is 1.33. The maximum atomic E-state index is 10.9. The number of carbonyl (C=O) groups excluding carboxylic acids is 1. The van der Waals surface area contributed by atoms with Gasteiger partial charge in [-0.3, -0.25) is 10.1 Å². The molecule has 0 unspecified atom stereocenters. The third kappa shape index (κ3) is 3.36. The first-order valence-corrected chi connectivity index (χ1v) is 4.89. The Hall–Kier alpha value is -1.05. The van der Waals surface area contributed by atoms with Crippen LogP contribution in [0.3, 0.4) is 0 Å². The van der Waals surface area contributed by atoms with E-state index < -0.39 is 0 Å². The highest BCUT2D eigenvalue weighted by Gasteiger charge is 2.06. The fraction of sp³-hybridized carbons (Fsp3) is 0.571. The highest BCUT2D eigenvalue weighted by molar-refractivity contribution is 7.15. The molecule has 78 valence electrons. The van der Waals surface area contributed by atoms with Gasteiger partial charge in [0.2, 0.25) is 11.0 Å². The van der Waals surface area contributed by atoms with Crippen molar-refractivity contribution in [3.63, 3.8) is 0 Å². The molecule has 0 aliphatic heterocycles. The molecule has 7 heteroatoms. The molecule has 3 N–H and O–H groups in total. The minimum absolute atomic E-state index is 0.0486. The van der Waals surface area contributed by atoms with E-state index in [1.54, 1.807) is 7.11 Å². The van der Waals surface area contributed by atoms with Crippen molar-refractivity contribution in [1.29, 1.82) is 0 Å². The monoisotopic (exact) mass is 216 g/mol. The van der Waals surface area contributed by atoms with Gasteiger partial charge in [-0.25, -0.2) is 0 Å². The van der Waals surface area contributed by atoms with Crippen LogP contribution < -0.4 is 11.1 Å². The van der Waals surface area contributed by atoms with Gasteiger partial charge in [0, 0.05) is 13.5 Å². The Morgan fingerprint density at radius 1 is 1.64 bits per heavy atom. The molecule has 1 aromatic rings. The van der Waals surface area contributed by atoms with Crippen LogP contribution in [0.2, 0.25) is 0 Å². The van der Waals surface area contributed by atoms with E-state index >= 15 is 0 Å². The number of carbonyl (C=O) groups is 1. The number of nitrogens with one attached hydrogen (secondary N) is 1. The van der Waals surface area contributed by atoms with Gasteiger partial charge >= 0.3 is 0 Å². The Morgan fingerprint density at radius 2 is 2.43 bits per heavy atom. The molecular formula is C7H12N4O2S. The molecule has 0 spiro atoms. The van der Waals surface area contributed by atoms with Crippen LogP contribution >= 0.6 is 11.3 Å². The van der Waals surface area contributed by atoms with E-state index in [1.165, 1.54) is 11.3 Å². The molecule has 0 fully saturated rings. The van der Waals surface area contributed by atoms with Crippen LogP contribution in [0, 0.1) is 0 Å². The molecular weight excluding hydrogens is 204 g/mol. The average Bonchev–Trinajstić information content (AvgIpc) is 2.62. The summed E-state index contributed by atoms with van der Waals surface area (Å²) in [6, 6.07) is 0. The van der Waals surface area contributed by atoms with E-state index in [-0.39, 0.29) is 12.5 Å². The van der Waals surface area contributed by atoms with Gasteiger partial charge in [-0.1, -0.05) is 11.3 Å². The maximum absolute atomic E-state index is 10.9.